The highest BCUT2D eigenvalue weighted by atomic mass is 127. The highest BCUT2D eigenvalue weighted by molar-refractivity contribution is 14.0. The Morgan fingerprint density at radius 3 is 2.63 bits per heavy atom. The van der Waals surface area contributed by atoms with Crippen LogP contribution in [0.5, 0.6) is 5.75 Å². The molecule has 0 amide bonds. The Bertz CT molecular complexity index is 747. The summed E-state index contributed by atoms with van der Waals surface area (Å²) >= 11 is 0. The second-order valence-corrected chi connectivity index (χ2v) is 7.14. The molecule has 1 saturated heterocycles. The monoisotopic (exact) mass is 483 g/mol. The van der Waals surface area contributed by atoms with E-state index >= 15 is 0 Å². The minimum absolute atomic E-state index is 0. The quantitative estimate of drug-likeness (QED) is 0.260. The molecule has 1 aliphatic rings. The van der Waals surface area contributed by atoms with Crippen molar-refractivity contribution in [2.45, 2.75) is 20.3 Å². The Balaban J connectivity index is 0.00000261. The molecule has 0 spiro atoms. The van der Waals surface area contributed by atoms with Crippen LogP contribution in [0.1, 0.15) is 20.3 Å². The molecule has 27 heavy (non-hydrogen) atoms. The summed E-state index contributed by atoms with van der Waals surface area (Å²) in [5, 5.41) is 9.11. The molecule has 0 aliphatic carbocycles. The molecular formula is C21H30IN3O2. The zero-order valence-electron chi connectivity index (χ0n) is 16.2. The summed E-state index contributed by atoms with van der Waals surface area (Å²) in [6.45, 7) is 9.03. The second kappa shape index (κ2) is 10.7. The van der Waals surface area contributed by atoms with Gasteiger partial charge in [-0.25, -0.2) is 0 Å². The standard InChI is InChI=1S/C21H29N3O2.HI/c1-3-22-20(24-14-21(2)15-25-16-21)23-11-6-12-26-19-10-9-17-7-4-5-8-18(17)13-19;/h4-5,7-10,13H,3,6,11-12,14-16H2,1-2H3,(H2,22,23,24);1H. The van der Waals surface area contributed by atoms with E-state index in [-0.39, 0.29) is 29.4 Å². The minimum atomic E-state index is 0. The lowest BCUT2D eigenvalue weighted by atomic mass is 9.89. The summed E-state index contributed by atoms with van der Waals surface area (Å²) in [5.41, 5.74) is 0.196. The molecule has 0 saturated carbocycles. The lowest BCUT2D eigenvalue weighted by Crippen LogP contribution is -2.44. The molecule has 2 N–H and O–H groups in total. The van der Waals surface area contributed by atoms with Gasteiger partial charge < -0.3 is 20.1 Å². The van der Waals surface area contributed by atoms with E-state index in [1.54, 1.807) is 0 Å². The first-order valence-electron chi connectivity index (χ1n) is 9.40. The van der Waals surface area contributed by atoms with E-state index in [0.29, 0.717) is 6.61 Å². The maximum Gasteiger partial charge on any atom is 0.191 e. The summed E-state index contributed by atoms with van der Waals surface area (Å²) < 4.78 is 11.2. The molecular weight excluding hydrogens is 453 g/mol. The van der Waals surface area contributed by atoms with Gasteiger partial charge >= 0.3 is 0 Å². The van der Waals surface area contributed by atoms with E-state index in [9.17, 15) is 0 Å². The van der Waals surface area contributed by atoms with Crippen molar-refractivity contribution in [3.63, 3.8) is 0 Å². The molecule has 0 aromatic heterocycles. The maximum atomic E-state index is 5.88. The van der Waals surface area contributed by atoms with Crippen molar-refractivity contribution in [3.8, 4) is 5.75 Å². The summed E-state index contributed by atoms with van der Waals surface area (Å²) in [6.07, 6.45) is 0.914. The Labute approximate surface area is 178 Å². The van der Waals surface area contributed by atoms with Crippen LogP contribution in [0.25, 0.3) is 10.8 Å². The van der Waals surface area contributed by atoms with Gasteiger partial charge in [0.15, 0.2) is 5.96 Å². The summed E-state index contributed by atoms with van der Waals surface area (Å²) in [6, 6.07) is 14.5. The van der Waals surface area contributed by atoms with E-state index in [0.717, 1.165) is 51.0 Å². The molecule has 2 aromatic carbocycles. The van der Waals surface area contributed by atoms with E-state index in [1.165, 1.54) is 10.8 Å². The second-order valence-electron chi connectivity index (χ2n) is 7.14. The smallest absolute Gasteiger partial charge is 0.191 e. The Kier molecular flexibility index (Phi) is 8.63. The SMILES string of the molecule is CCNC(=NCC1(C)COC1)NCCCOc1ccc2ccccc2c1.I. The summed E-state index contributed by atoms with van der Waals surface area (Å²) in [5.74, 6) is 1.79. The normalized spacial score (nSPS) is 15.6. The third-order valence-electron chi connectivity index (χ3n) is 4.47. The van der Waals surface area contributed by atoms with Gasteiger partial charge in [-0.2, -0.15) is 0 Å². The fraction of sp³-hybridized carbons (Fsp3) is 0.476. The Hall–Kier alpha value is -1.54. The van der Waals surface area contributed by atoms with E-state index in [1.807, 2.05) is 12.1 Å². The van der Waals surface area contributed by atoms with Gasteiger partial charge in [0, 0.05) is 18.5 Å². The van der Waals surface area contributed by atoms with Gasteiger partial charge in [-0.05, 0) is 36.2 Å². The van der Waals surface area contributed by atoms with Crippen molar-refractivity contribution in [2.24, 2.45) is 10.4 Å². The van der Waals surface area contributed by atoms with Gasteiger partial charge in [0.05, 0.1) is 26.4 Å². The van der Waals surface area contributed by atoms with Crippen molar-refractivity contribution >= 4 is 40.7 Å². The number of benzene rings is 2. The molecule has 148 valence electrons. The number of nitrogens with zero attached hydrogens (tertiary/aromatic N) is 1. The summed E-state index contributed by atoms with van der Waals surface area (Å²) in [7, 11) is 0. The van der Waals surface area contributed by atoms with Crippen LogP contribution in [-0.4, -0.2) is 45.4 Å². The van der Waals surface area contributed by atoms with Crippen LogP contribution in [0.3, 0.4) is 0 Å². The van der Waals surface area contributed by atoms with Crippen molar-refractivity contribution < 1.29 is 9.47 Å². The first-order valence-corrected chi connectivity index (χ1v) is 9.40. The van der Waals surface area contributed by atoms with E-state index < -0.39 is 0 Å². The van der Waals surface area contributed by atoms with Gasteiger partial charge in [-0.15, -0.1) is 24.0 Å². The van der Waals surface area contributed by atoms with Crippen LogP contribution in [0, 0.1) is 5.41 Å². The molecule has 0 bridgehead atoms. The predicted octanol–water partition coefficient (Wildman–Crippen LogP) is 3.82. The highest BCUT2D eigenvalue weighted by Gasteiger charge is 2.33. The van der Waals surface area contributed by atoms with Crippen molar-refractivity contribution in [3.05, 3.63) is 42.5 Å². The van der Waals surface area contributed by atoms with E-state index in [2.05, 4.69) is 59.8 Å². The number of hydrogen-bond donors (Lipinski definition) is 2. The van der Waals surface area contributed by atoms with Crippen LogP contribution < -0.4 is 15.4 Å². The third-order valence-corrected chi connectivity index (χ3v) is 4.47. The van der Waals surface area contributed by atoms with Gasteiger partial charge in [0.1, 0.15) is 5.75 Å². The van der Waals surface area contributed by atoms with Crippen LogP contribution in [0.2, 0.25) is 0 Å². The number of fused-ring (bicyclic) bond motifs is 1. The number of ether oxygens (including phenoxy) is 2. The highest BCUT2D eigenvalue weighted by Crippen LogP contribution is 2.26. The van der Waals surface area contributed by atoms with Crippen LogP contribution >= 0.6 is 24.0 Å². The van der Waals surface area contributed by atoms with Crippen LogP contribution in [0.4, 0.5) is 0 Å². The Morgan fingerprint density at radius 1 is 1.15 bits per heavy atom. The Morgan fingerprint density at radius 2 is 1.93 bits per heavy atom. The van der Waals surface area contributed by atoms with Gasteiger partial charge in [-0.1, -0.05) is 37.3 Å². The van der Waals surface area contributed by atoms with Gasteiger partial charge in [0.25, 0.3) is 0 Å². The van der Waals surface area contributed by atoms with Crippen LogP contribution in [-0.2, 0) is 4.74 Å². The largest absolute Gasteiger partial charge is 0.494 e. The van der Waals surface area contributed by atoms with Crippen molar-refractivity contribution in [1.82, 2.24) is 10.6 Å². The maximum absolute atomic E-state index is 5.88. The van der Waals surface area contributed by atoms with Gasteiger partial charge in [-0.3, -0.25) is 4.99 Å². The number of halogens is 1. The summed E-state index contributed by atoms with van der Waals surface area (Å²) in [4.78, 5) is 4.67. The lowest BCUT2D eigenvalue weighted by molar-refractivity contribution is -0.0945. The molecule has 0 unspecified atom stereocenters. The first kappa shape index (κ1) is 21.8. The molecule has 5 nitrogen and oxygen atoms in total. The zero-order valence-corrected chi connectivity index (χ0v) is 18.5. The molecule has 1 heterocycles. The predicted molar refractivity (Wildman–Crippen MR) is 122 cm³/mol. The molecule has 3 rings (SSSR count). The van der Waals surface area contributed by atoms with Crippen molar-refractivity contribution in [2.75, 3.05) is 39.5 Å². The minimum Gasteiger partial charge on any atom is -0.494 e. The molecule has 0 radical (unpaired) electrons. The molecule has 1 aliphatic heterocycles. The fourth-order valence-electron chi connectivity index (χ4n) is 2.88. The zero-order chi connectivity index (χ0) is 18.2. The van der Waals surface area contributed by atoms with E-state index in [4.69, 9.17) is 9.47 Å². The molecule has 2 aromatic rings. The number of hydrogen-bond acceptors (Lipinski definition) is 3. The van der Waals surface area contributed by atoms with Gasteiger partial charge in [0.2, 0.25) is 0 Å². The molecule has 1 fully saturated rings. The average molecular weight is 483 g/mol. The number of nitrogens with one attached hydrogen (secondary N) is 2. The first-order chi connectivity index (χ1) is 12.7. The average Bonchev–Trinajstić information content (AvgIpc) is 2.64. The molecule has 6 heteroatoms. The number of guanidine groups is 1. The van der Waals surface area contributed by atoms with Crippen LogP contribution in [0.15, 0.2) is 47.5 Å². The molecule has 0 atom stereocenters. The third kappa shape index (κ3) is 6.53. The number of aliphatic imine (C=N–C) groups is 1. The number of rotatable bonds is 8. The fourth-order valence-corrected chi connectivity index (χ4v) is 2.88. The topological polar surface area (TPSA) is 54.9 Å². The lowest BCUT2D eigenvalue weighted by Gasteiger charge is -2.36. The van der Waals surface area contributed by atoms with Crippen molar-refractivity contribution in [1.29, 1.82) is 0 Å².